The van der Waals surface area contributed by atoms with Crippen molar-refractivity contribution in [1.82, 2.24) is 5.32 Å². The number of carbonyl (C=O) groups is 1. The second kappa shape index (κ2) is 9.10. The Bertz CT molecular complexity index is 904. The first-order valence-electron chi connectivity index (χ1n) is 9.09. The monoisotopic (exact) mass is 404 g/mol. The molecule has 152 valence electrons. The lowest BCUT2D eigenvalue weighted by atomic mass is 10.1. The molecule has 2 rings (SSSR count). The zero-order valence-corrected chi connectivity index (χ0v) is 17.8. The minimum absolute atomic E-state index is 0.269. The number of sulfonamides is 1. The van der Waals surface area contributed by atoms with Gasteiger partial charge in [0, 0.05) is 0 Å². The summed E-state index contributed by atoms with van der Waals surface area (Å²) in [5, 5.41) is 2.79. The number of carbonyl (C=O) groups excluding carboxylic acids is 1. The summed E-state index contributed by atoms with van der Waals surface area (Å²) in [6.07, 6.45) is 1.10. The maximum atomic E-state index is 12.4. The lowest BCUT2D eigenvalue weighted by molar-refractivity contribution is -0.120. The fraction of sp³-hybridized carbons (Fsp3) is 0.381. The van der Waals surface area contributed by atoms with Gasteiger partial charge in [0.2, 0.25) is 15.9 Å². The molecule has 1 N–H and O–H groups in total. The number of hydrogen-bond donors (Lipinski definition) is 1. The molecule has 1 atom stereocenters. The predicted octanol–water partition coefficient (Wildman–Crippen LogP) is 2.96. The molecule has 7 heteroatoms. The van der Waals surface area contributed by atoms with Gasteiger partial charge in [0.1, 0.15) is 18.9 Å². The van der Waals surface area contributed by atoms with Gasteiger partial charge in [-0.25, -0.2) is 8.42 Å². The third kappa shape index (κ3) is 6.56. The van der Waals surface area contributed by atoms with Crippen LogP contribution < -0.4 is 14.4 Å². The van der Waals surface area contributed by atoms with E-state index in [0.29, 0.717) is 5.69 Å². The summed E-state index contributed by atoms with van der Waals surface area (Å²) in [7, 11) is -3.60. The van der Waals surface area contributed by atoms with Crippen LogP contribution in [0.4, 0.5) is 5.69 Å². The maximum Gasteiger partial charge on any atom is 0.241 e. The van der Waals surface area contributed by atoms with Crippen molar-refractivity contribution in [2.24, 2.45) is 0 Å². The number of ether oxygens (including phenoxy) is 1. The molecule has 0 saturated heterocycles. The quantitative estimate of drug-likeness (QED) is 0.734. The summed E-state index contributed by atoms with van der Waals surface area (Å²) in [6.45, 7) is 7.60. The van der Waals surface area contributed by atoms with E-state index in [2.05, 4.69) is 5.32 Å². The highest BCUT2D eigenvalue weighted by molar-refractivity contribution is 7.92. The van der Waals surface area contributed by atoms with Gasteiger partial charge in [0.15, 0.2) is 0 Å². The van der Waals surface area contributed by atoms with Crippen molar-refractivity contribution < 1.29 is 17.9 Å². The molecule has 0 aliphatic rings. The zero-order chi connectivity index (χ0) is 20.9. The van der Waals surface area contributed by atoms with Crippen molar-refractivity contribution in [3.63, 3.8) is 0 Å². The first-order chi connectivity index (χ1) is 13.0. The molecule has 0 aliphatic carbocycles. The van der Waals surface area contributed by atoms with Crippen LogP contribution in [0, 0.1) is 20.8 Å². The van der Waals surface area contributed by atoms with Crippen LogP contribution in [0.5, 0.6) is 5.75 Å². The summed E-state index contributed by atoms with van der Waals surface area (Å²) in [5.41, 5.74) is 3.49. The Morgan fingerprint density at radius 1 is 1.04 bits per heavy atom. The minimum Gasteiger partial charge on any atom is -0.491 e. The molecule has 0 aliphatic heterocycles. The van der Waals surface area contributed by atoms with Crippen molar-refractivity contribution in [3.05, 3.63) is 59.2 Å². The van der Waals surface area contributed by atoms with E-state index in [9.17, 15) is 13.2 Å². The predicted molar refractivity (Wildman–Crippen MR) is 112 cm³/mol. The minimum atomic E-state index is -3.60. The Kier molecular flexibility index (Phi) is 7.07. The molecule has 0 saturated carbocycles. The van der Waals surface area contributed by atoms with E-state index in [0.717, 1.165) is 33.0 Å². The summed E-state index contributed by atoms with van der Waals surface area (Å²) >= 11 is 0. The van der Waals surface area contributed by atoms with E-state index in [-0.39, 0.29) is 25.1 Å². The summed E-state index contributed by atoms with van der Waals surface area (Å²) in [5.74, 6) is 0.337. The van der Waals surface area contributed by atoms with Crippen LogP contribution in [0.3, 0.4) is 0 Å². The lowest BCUT2D eigenvalue weighted by Gasteiger charge is -2.24. The Balaban J connectivity index is 2.00. The molecule has 0 fully saturated rings. The molecule has 0 spiro atoms. The molecular weight excluding hydrogens is 376 g/mol. The highest BCUT2D eigenvalue weighted by Crippen LogP contribution is 2.21. The molecule has 0 bridgehead atoms. The van der Waals surface area contributed by atoms with Crippen LogP contribution >= 0.6 is 0 Å². The Morgan fingerprint density at radius 2 is 1.61 bits per heavy atom. The molecule has 6 nitrogen and oxygen atoms in total. The van der Waals surface area contributed by atoms with E-state index in [1.54, 1.807) is 12.1 Å². The van der Waals surface area contributed by atoms with Crippen LogP contribution in [0.25, 0.3) is 0 Å². The van der Waals surface area contributed by atoms with E-state index in [1.807, 2.05) is 58.0 Å². The molecule has 0 heterocycles. The molecular formula is C21H28N2O4S. The average molecular weight is 405 g/mol. The van der Waals surface area contributed by atoms with Gasteiger partial charge >= 0.3 is 0 Å². The third-order valence-corrected chi connectivity index (χ3v) is 5.25. The van der Waals surface area contributed by atoms with Crippen molar-refractivity contribution >= 4 is 21.6 Å². The fourth-order valence-corrected chi connectivity index (χ4v) is 3.68. The molecule has 0 aromatic heterocycles. The Labute approximate surface area is 167 Å². The van der Waals surface area contributed by atoms with E-state index >= 15 is 0 Å². The van der Waals surface area contributed by atoms with Crippen LogP contribution in [0.15, 0.2) is 42.5 Å². The largest absolute Gasteiger partial charge is 0.491 e. The first kappa shape index (κ1) is 21.8. The lowest BCUT2D eigenvalue weighted by Crippen LogP contribution is -2.45. The SMILES string of the molecule is Cc1ccc(OCC(C)NC(=O)CN(c2cc(C)cc(C)c2)S(C)(=O)=O)cc1. The summed E-state index contributed by atoms with van der Waals surface area (Å²) < 4.78 is 31.3. The number of nitrogens with zero attached hydrogens (tertiary/aromatic N) is 1. The van der Waals surface area contributed by atoms with Gasteiger partial charge in [-0.1, -0.05) is 23.8 Å². The second-order valence-electron chi connectivity index (χ2n) is 7.21. The Hall–Kier alpha value is -2.54. The molecule has 1 amide bonds. The highest BCUT2D eigenvalue weighted by Gasteiger charge is 2.22. The normalized spacial score (nSPS) is 12.3. The van der Waals surface area contributed by atoms with Gasteiger partial charge in [-0.2, -0.15) is 0 Å². The number of anilines is 1. The van der Waals surface area contributed by atoms with Gasteiger partial charge in [-0.3, -0.25) is 9.10 Å². The molecule has 28 heavy (non-hydrogen) atoms. The van der Waals surface area contributed by atoms with Gasteiger partial charge in [-0.05, 0) is 63.1 Å². The van der Waals surface area contributed by atoms with Gasteiger partial charge < -0.3 is 10.1 Å². The second-order valence-corrected chi connectivity index (χ2v) is 9.11. The first-order valence-corrected chi connectivity index (χ1v) is 10.9. The van der Waals surface area contributed by atoms with Crippen molar-refractivity contribution in [2.75, 3.05) is 23.7 Å². The number of rotatable bonds is 8. The van der Waals surface area contributed by atoms with E-state index < -0.39 is 10.0 Å². The number of amides is 1. The molecule has 2 aromatic carbocycles. The summed E-state index contributed by atoms with van der Waals surface area (Å²) in [6, 6.07) is 12.8. The number of nitrogens with one attached hydrogen (secondary N) is 1. The highest BCUT2D eigenvalue weighted by atomic mass is 32.2. The van der Waals surface area contributed by atoms with Gasteiger partial charge in [0.05, 0.1) is 18.0 Å². The standard InChI is InChI=1S/C21H28N2O4S/c1-15-6-8-20(9-7-15)27-14-18(4)22-21(24)13-23(28(5,25)26)19-11-16(2)10-17(3)12-19/h6-12,18H,13-14H2,1-5H3,(H,22,24). The van der Waals surface area contributed by atoms with E-state index in [1.165, 1.54) is 0 Å². The molecule has 1 unspecified atom stereocenters. The number of aryl methyl sites for hydroxylation is 3. The average Bonchev–Trinajstić information content (AvgIpc) is 2.57. The van der Waals surface area contributed by atoms with Crippen molar-refractivity contribution in [1.29, 1.82) is 0 Å². The third-order valence-electron chi connectivity index (χ3n) is 4.11. The van der Waals surface area contributed by atoms with Crippen LogP contribution in [0.1, 0.15) is 23.6 Å². The summed E-state index contributed by atoms with van der Waals surface area (Å²) in [4.78, 5) is 12.4. The number of benzene rings is 2. The van der Waals surface area contributed by atoms with Crippen LogP contribution in [0.2, 0.25) is 0 Å². The Morgan fingerprint density at radius 3 is 2.14 bits per heavy atom. The van der Waals surface area contributed by atoms with E-state index in [4.69, 9.17) is 4.74 Å². The van der Waals surface area contributed by atoms with Crippen LogP contribution in [-0.2, 0) is 14.8 Å². The van der Waals surface area contributed by atoms with Crippen molar-refractivity contribution in [2.45, 2.75) is 33.7 Å². The van der Waals surface area contributed by atoms with Gasteiger partial charge in [0.25, 0.3) is 0 Å². The molecule has 2 aromatic rings. The smallest absolute Gasteiger partial charge is 0.241 e. The topological polar surface area (TPSA) is 75.7 Å². The van der Waals surface area contributed by atoms with Crippen LogP contribution in [-0.4, -0.2) is 39.8 Å². The van der Waals surface area contributed by atoms with Gasteiger partial charge in [-0.15, -0.1) is 0 Å². The zero-order valence-electron chi connectivity index (χ0n) is 17.0. The molecule has 0 radical (unpaired) electrons. The maximum absolute atomic E-state index is 12.4. The van der Waals surface area contributed by atoms with Crippen molar-refractivity contribution in [3.8, 4) is 5.75 Å². The fourth-order valence-electron chi connectivity index (χ4n) is 2.84. The number of hydrogen-bond acceptors (Lipinski definition) is 4.